The first kappa shape index (κ1) is 13.9. The molecular formula is C15H21BrN4. The van der Waals surface area contributed by atoms with Gasteiger partial charge in [-0.3, -0.25) is 0 Å². The van der Waals surface area contributed by atoms with Crippen LogP contribution in [0.3, 0.4) is 0 Å². The molecule has 4 nitrogen and oxygen atoms in total. The van der Waals surface area contributed by atoms with E-state index in [0.29, 0.717) is 6.04 Å². The van der Waals surface area contributed by atoms with Crippen LogP contribution in [0.2, 0.25) is 0 Å². The molecule has 1 fully saturated rings. The predicted molar refractivity (Wildman–Crippen MR) is 86.5 cm³/mol. The van der Waals surface area contributed by atoms with Crippen molar-refractivity contribution < 1.29 is 0 Å². The van der Waals surface area contributed by atoms with Gasteiger partial charge >= 0.3 is 0 Å². The summed E-state index contributed by atoms with van der Waals surface area (Å²) in [5.74, 6) is 1.11. The zero-order chi connectivity index (χ0) is 14.3. The number of fused-ring (bicyclic) bond motifs is 1. The molecule has 0 spiro atoms. The molecule has 0 aromatic heterocycles. The first-order valence-electron chi connectivity index (χ1n) is 7.11. The van der Waals surface area contributed by atoms with Crippen molar-refractivity contribution in [3.8, 4) is 0 Å². The Labute approximate surface area is 129 Å². The number of rotatable bonds is 0. The fourth-order valence-electron chi connectivity index (χ4n) is 2.83. The van der Waals surface area contributed by atoms with Crippen LogP contribution in [-0.4, -0.2) is 60.9 Å². The molecule has 1 unspecified atom stereocenters. The molecule has 1 atom stereocenters. The number of guanidine groups is 1. The molecule has 0 aliphatic carbocycles. The fraction of sp³-hybridized carbons (Fsp3) is 0.533. The van der Waals surface area contributed by atoms with Crippen LogP contribution in [0.5, 0.6) is 0 Å². The quantitative estimate of drug-likeness (QED) is 0.727. The second-order valence-electron chi connectivity index (χ2n) is 5.69. The summed E-state index contributed by atoms with van der Waals surface area (Å²) < 4.78 is 1.12. The minimum atomic E-state index is 0.356. The maximum atomic E-state index is 4.90. The Bertz CT molecular complexity index is 535. The average Bonchev–Trinajstić information content (AvgIpc) is 2.44. The Morgan fingerprint density at radius 3 is 2.55 bits per heavy atom. The maximum absolute atomic E-state index is 4.90. The van der Waals surface area contributed by atoms with Gasteiger partial charge in [0.15, 0.2) is 0 Å². The van der Waals surface area contributed by atoms with E-state index in [1.807, 2.05) is 0 Å². The Hall–Kier alpha value is -1.07. The minimum Gasteiger partial charge on any atom is -0.340 e. The van der Waals surface area contributed by atoms with Crippen molar-refractivity contribution in [3.63, 3.8) is 0 Å². The van der Waals surface area contributed by atoms with Gasteiger partial charge in [-0.1, -0.05) is 15.9 Å². The summed E-state index contributed by atoms with van der Waals surface area (Å²) in [6.45, 7) is 6.56. The number of aliphatic imine (C=N–C) groups is 1. The van der Waals surface area contributed by atoms with E-state index in [1.165, 1.54) is 5.56 Å². The van der Waals surface area contributed by atoms with Gasteiger partial charge in [-0.25, -0.2) is 4.99 Å². The van der Waals surface area contributed by atoms with Gasteiger partial charge < -0.3 is 14.7 Å². The highest BCUT2D eigenvalue weighted by atomic mass is 79.9. The Kier molecular flexibility index (Phi) is 3.73. The standard InChI is InChI=1S/C15H21BrN4/c1-11-13-10-12(16)4-5-14(13)17-15(19(11)3)20-8-6-18(2)7-9-20/h4-5,10-11H,6-9H2,1-3H3. The van der Waals surface area contributed by atoms with Gasteiger partial charge in [-0.2, -0.15) is 0 Å². The normalized spacial score (nSPS) is 23.6. The summed E-state index contributed by atoms with van der Waals surface area (Å²) in [7, 11) is 4.32. The first-order chi connectivity index (χ1) is 9.56. The van der Waals surface area contributed by atoms with Crippen LogP contribution in [-0.2, 0) is 0 Å². The zero-order valence-corrected chi connectivity index (χ0v) is 13.9. The van der Waals surface area contributed by atoms with Gasteiger partial charge in [0.25, 0.3) is 0 Å². The summed E-state index contributed by atoms with van der Waals surface area (Å²) in [5, 5.41) is 0. The van der Waals surface area contributed by atoms with Gasteiger partial charge in [0.2, 0.25) is 5.96 Å². The van der Waals surface area contributed by atoms with Crippen LogP contribution >= 0.6 is 15.9 Å². The molecule has 20 heavy (non-hydrogen) atoms. The lowest BCUT2D eigenvalue weighted by molar-refractivity contribution is 0.193. The molecule has 0 N–H and O–H groups in total. The van der Waals surface area contributed by atoms with E-state index < -0.39 is 0 Å². The molecule has 5 heteroatoms. The van der Waals surface area contributed by atoms with Gasteiger partial charge in [-0.15, -0.1) is 0 Å². The van der Waals surface area contributed by atoms with Gasteiger partial charge in [0.05, 0.1) is 11.7 Å². The molecule has 0 saturated carbocycles. The lowest BCUT2D eigenvalue weighted by Crippen LogP contribution is -2.52. The van der Waals surface area contributed by atoms with Crippen LogP contribution in [0.15, 0.2) is 27.7 Å². The highest BCUT2D eigenvalue weighted by molar-refractivity contribution is 9.10. The monoisotopic (exact) mass is 336 g/mol. The lowest BCUT2D eigenvalue weighted by atomic mass is 10.0. The second kappa shape index (κ2) is 5.37. The first-order valence-corrected chi connectivity index (χ1v) is 7.90. The van der Waals surface area contributed by atoms with Crippen LogP contribution in [0.4, 0.5) is 5.69 Å². The van der Waals surface area contributed by atoms with Crippen LogP contribution in [0.25, 0.3) is 0 Å². The summed E-state index contributed by atoms with van der Waals surface area (Å²) in [4.78, 5) is 12.0. The number of halogens is 1. The van der Waals surface area contributed by atoms with Crippen LogP contribution in [0.1, 0.15) is 18.5 Å². The van der Waals surface area contributed by atoms with E-state index in [1.54, 1.807) is 0 Å². The highest BCUT2D eigenvalue weighted by Crippen LogP contribution is 2.36. The van der Waals surface area contributed by atoms with E-state index >= 15 is 0 Å². The van der Waals surface area contributed by atoms with E-state index in [2.05, 4.69) is 69.8 Å². The third-order valence-corrected chi connectivity index (χ3v) is 4.84. The lowest BCUT2D eigenvalue weighted by Gasteiger charge is -2.42. The van der Waals surface area contributed by atoms with Gasteiger partial charge in [0, 0.05) is 43.3 Å². The summed E-state index contributed by atoms with van der Waals surface area (Å²) in [5.41, 5.74) is 2.40. The van der Waals surface area contributed by atoms with Crippen LogP contribution < -0.4 is 0 Å². The van der Waals surface area contributed by atoms with E-state index in [0.717, 1.165) is 42.3 Å². The molecule has 2 aliphatic heterocycles. The molecule has 1 saturated heterocycles. The summed E-state index contributed by atoms with van der Waals surface area (Å²) >= 11 is 3.55. The summed E-state index contributed by atoms with van der Waals surface area (Å²) in [6, 6.07) is 6.72. The smallest absolute Gasteiger partial charge is 0.202 e. The molecule has 0 amide bonds. The van der Waals surface area contributed by atoms with Crippen molar-refractivity contribution in [2.45, 2.75) is 13.0 Å². The minimum absolute atomic E-state index is 0.356. The molecule has 2 aliphatic rings. The van der Waals surface area contributed by atoms with Gasteiger partial charge in [0.1, 0.15) is 0 Å². The van der Waals surface area contributed by atoms with Gasteiger partial charge in [-0.05, 0) is 32.2 Å². The topological polar surface area (TPSA) is 22.1 Å². The highest BCUT2D eigenvalue weighted by Gasteiger charge is 2.28. The predicted octanol–water partition coefficient (Wildman–Crippen LogP) is 2.69. The molecule has 108 valence electrons. The Morgan fingerprint density at radius 1 is 1.15 bits per heavy atom. The molecule has 1 aromatic rings. The molecular weight excluding hydrogens is 316 g/mol. The molecule has 1 aromatic carbocycles. The van der Waals surface area contributed by atoms with Crippen molar-refractivity contribution in [2.75, 3.05) is 40.3 Å². The Morgan fingerprint density at radius 2 is 1.85 bits per heavy atom. The summed E-state index contributed by atoms with van der Waals surface area (Å²) in [6.07, 6.45) is 0. The number of likely N-dealkylation sites (N-methyl/N-ethyl adjacent to an activating group) is 1. The average molecular weight is 337 g/mol. The number of hydrogen-bond acceptors (Lipinski definition) is 4. The third kappa shape index (κ3) is 2.44. The zero-order valence-electron chi connectivity index (χ0n) is 12.3. The van der Waals surface area contributed by atoms with E-state index in [-0.39, 0.29) is 0 Å². The van der Waals surface area contributed by atoms with E-state index in [9.17, 15) is 0 Å². The van der Waals surface area contributed by atoms with Crippen molar-refractivity contribution in [2.24, 2.45) is 4.99 Å². The number of nitrogens with zero attached hydrogens (tertiary/aromatic N) is 4. The number of piperazine rings is 1. The molecule has 0 radical (unpaired) electrons. The number of hydrogen-bond donors (Lipinski definition) is 0. The fourth-order valence-corrected chi connectivity index (χ4v) is 3.21. The SMILES string of the molecule is CC1c2cc(Br)ccc2N=C(N2CCN(C)CC2)N1C. The van der Waals surface area contributed by atoms with Crippen LogP contribution in [0, 0.1) is 0 Å². The third-order valence-electron chi connectivity index (χ3n) is 4.34. The Balaban J connectivity index is 1.93. The largest absolute Gasteiger partial charge is 0.340 e. The van der Waals surface area contributed by atoms with Crippen molar-refractivity contribution in [1.82, 2.24) is 14.7 Å². The number of benzene rings is 1. The molecule has 2 heterocycles. The molecule has 0 bridgehead atoms. The van der Waals surface area contributed by atoms with E-state index in [4.69, 9.17) is 4.99 Å². The van der Waals surface area contributed by atoms with Crippen molar-refractivity contribution in [1.29, 1.82) is 0 Å². The molecule has 3 rings (SSSR count). The van der Waals surface area contributed by atoms with Crippen molar-refractivity contribution >= 4 is 27.6 Å². The maximum Gasteiger partial charge on any atom is 0.202 e. The van der Waals surface area contributed by atoms with Crippen molar-refractivity contribution in [3.05, 3.63) is 28.2 Å². The second-order valence-corrected chi connectivity index (χ2v) is 6.61.